The Morgan fingerprint density at radius 2 is 2.39 bits per heavy atom. The van der Waals surface area contributed by atoms with Crippen LogP contribution >= 0.6 is 0 Å². The molecule has 1 saturated heterocycles. The lowest BCUT2D eigenvalue weighted by Crippen LogP contribution is -2.54. The van der Waals surface area contributed by atoms with E-state index in [1.807, 2.05) is 24.0 Å². The first-order valence-corrected chi connectivity index (χ1v) is 5.86. The minimum atomic E-state index is -0.284. The van der Waals surface area contributed by atoms with Crippen molar-refractivity contribution in [3.63, 3.8) is 0 Å². The van der Waals surface area contributed by atoms with E-state index in [1.165, 1.54) is 0 Å². The zero-order valence-corrected chi connectivity index (χ0v) is 10.0. The second kappa shape index (κ2) is 3.90. The van der Waals surface area contributed by atoms with Crippen LogP contribution in [0.2, 0.25) is 0 Å². The number of nitrogens with zero attached hydrogens (tertiary/aromatic N) is 2. The number of aromatic nitrogens is 1. The molecule has 0 saturated carbocycles. The van der Waals surface area contributed by atoms with Crippen LogP contribution in [0.15, 0.2) is 22.6 Å². The van der Waals surface area contributed by atoms with Gasteiger partial charge in [-0.3, -0.25) is 4.79 Å². The van der Waals surface area contributed by atoms with Crippen molar-refractivity contribution in [2.24, 2.45) is 0 Å². The molecular formula is C12H14N4O2. The fraction of sp³-hybridized carbons (Fsp3) is 0.333. The molecule has 1 fully saturated rings. The molecule has 1 amide bonds. The summed E-state index contributed by atoms with van der Waals surface area (Å²) in [6.07, 6.45) is 0. The summed E-state index contributed by atoms with van der Waals surface area (Å²) >= 11 is 0. The standard InChI is InChI=1S/C12H14N4O2/c1-7-11(17)14-5-6-16(7)12-15-10-8(13)3-2-4-9(10)18-12/h2-4,7H,5-6,13H2,1H3,(H,14,17). The van der Waals surface area contributed by atoms with Crippen molar-refractivity contribution in [2.45, 2.75) is 13.0 Å². The first kappa shape index (κ1) is 10.9. The number of benzene rings is 1. The third-order valence-corrected chi connectivity index (χ3v) is 3.18. The highest BCUT2D eigenvalue weighted by Crippen LogP contribution is 2.27. The molecule has 1 unspecified atom stereocenters. The molecule has 1 aliphatic heterocycles. The SMILES string of the molecule is CC1C(=O)NCCN1c1nc2c(N)cccc2o1. The van der Waals surface area contributed by atoms with Crippen molar-refractivity contribution in [1.82, 2.24) is 10.3 Å². The number of nitrogens with two attached hydrogens (primary N) is 1. The number of anilines is 2. The molecule has 94 valence electrons. The first-order chi connectivity index (χ1) is 8.66. The van der Waals surface area contributed by atoms with Gasteiger partial charge in [0.15, 0.2) is 5.58 Å². The van der Waals surface area contributed by atoms with E-state index in [0.717, 1.165) is 0 Å². The summed E-state index contributed by atoms with van der Waals surface area (Å²) in [6.45, 7) is 3.10. The molecule has 1 atom stereocenters. The molecule has 0 spiro atoms. The Balaban J connectivity index is 2.04. The van der Waals surface area contributed by atoms with Crippen molar-refractivity contribution < 1.29 is 9.21 Å². The molecule has 1 aromatic heterocycles. The number of amides is 1. The summed E-state index contributed by atoms with van der Waals surface area (Å²) in [5.41, 5.74) is 7.71. The van der Waals surface area contributed by atoms with Gasteiger partial charge >= 0.3 is 0 Å². The molecule has 3 N–H and O–H groups in total. The molecule has 6 nitrogen and oxygen atoms in total. The predicted molar refractivity (Wildman–Crippen MR) is 68.2 cm³/mol. The summed E-state index contributed by atoms with van der Waals surface area (Å²) in [5.74, 6) is -0.0171. The van der Waals surface area contributed by atoms with Gasteiger partial charge in [-0.25, -0.2) is 0 Å². The Hall–Kier alpha value is -2.24. The van der Waals surface area contributed by atoms with Gasteiger partial charge in [-0.1, -0.05) is 6.07 Å². The van der Waals surface area contributed by atoms with Gasteiger partial charge in [-0.15, -0.1) is 0 Å². The predicted octanol–water partition coefficient (Wildman–Crippen LogP) is 0.735. The zero-order chi connectivity index (χ0) is 12.7. The molecule has 18 heavy (non-hydrogen) atoms. The van der Waals surface area contributed by atoms with E-state index < -0.39 is 0 Å². The van der Waals surface area contributed by atoms with E-state index in [0.29, 0.717) is 35.9 Å². The average Bonchev–Trinajstić information content (AvgIpc) is 2.78. The van der Waals surface area contributed by atoms with Crippen LogP contribution in [0.4, 0.5) is 11.7 Å². The third-order valence-electron chi connectivity index (χ3n) is 3.18. The topological polar surface area (TPSA) is 84.4 Å². The van der Waals surface area contributed by atoms with E-state index in [-0.39, 0.29) is 11.9 Å². The molecule has 0 bridgehead atoms. The van der Waals surface area contributed by atoms with E-state index in [4.69, 9.17) is 10.2 Å². The van der Waals surface area contributed by atoms with Gasteiger partial charge in [0.2, 0.25) is 5.91 Å². The molecule has 2 heterocycles. The fourth-order valence-electron chi connectivity index (χ4n) is 2.12. The van der Waals surface area contributed by atoms with Crippen molar-refractivity contribution >= 4 is 28.7 Å². The molecule has 6 heteroatoms. The van der Waals surface area contributed by atoms with Crippen molar-refractivity contribution in [1.29, 1.82) is 0 Å². The Kier molecular flexibility index (Phi) is 2.36. The highest BCUT2D eigenvalue weighted by Gasteiger charge is 2.29. The number of oxazole rings is 1. The van der Waals surface area contributed by atoms with Crippen LogP contribution in [-0.2, 0) is 4.79 Å². The number of hydrogen-bond acceptors (Lipinski definition) is 5. The molecule has 0 aliphatic carbocycles. The molecule has 3 rings (SSSR count). The van der Waals surface area contributed by atoms with E-state index in [2.05, 4.69) is 10.3 Å². The van der Waals surface area contributed by atoms with Crippen LogP contribution in [0.5, 0.6) is 0 Å². The average molecular weight is 246 g/mol. The number of nitrogen functional groups attached to an aromatic ring is 1. The summed E-state index contributed by atoms with van der Waals surface area (Å²) in [7, 11) is 0. The van der Waals surface area contributed by atoms with Gasteiger partial charge < -0.3 is 20.4 Å². The Morgan fingerprint density at radius 1 is 1.56 bits per heavy atom. The molecule has 1 aliphatic rings. The van der Waals surface area contributed by atoms with Gasteiger partial charge in [-0.05, 0) is 19.1 Å². The van der Waals surface area contributed by atoms with E-state index in [9.17, 15) is 4.79 Å². The zero-order valence-electron chi connectivity index (χ0n) is 10.0. The number of nitrogens with one attached hydrogen (secondary N) is 1. The maximum Gasteiger partial charge on any atom is 0.299 e. The van der Waals surface area contributed by atoms with E-state index in [1.54, 1.807) is 6.07 Å². The van der Waals surface area contributed by atoms with Gasteiger partial charge in [0.25, 0.3) is 6.01 Å². The molecule has 1 aromatic carbocycles. The highest BCUT2D eigenvalue weighted by molar-refractivity contribution is 5.88. The van der Waals surface area contributed by atoms with Crippen LogP contribution in [0.3, 0.4) is 0 Å². The molecule has 0 radical (unpaired) electrons. The summed E-state index contributed by atoms with van der Waals surface area (Å²) in [4.78, 5) is 17.8. The quantitative estimate of drug-likeness (QED) is 0.725. The summed E-state index contributed by atoms with van der Waals surface area (Å²) < 4.78 is 5.66. The van der Waals surface area contributed by atoms with Crippen LogP contribution in [0.1, 0.15) is 6.92 Å². The maximum absolute atomic E-state index is 11.6. The number of hydrogen-bond donors (Lipinski definition) is 2. The van der Waals surface area contributed by atoms with Crippen LogP contribution in [0.25, 0.3) is 11.1 Å². The van der Waals surface area contributed by atoms with Crippen molar-refractivity contribution in [3.8, 4) is 0 Å². The lowest BCUT2D eigenvalue weighted by molar-refractivity contribution is -0.123. The summed E-state index contributed by atoms with van der Waals surface area (Å²) in [5, 5.41) is 2.80. The number of para-hydroxylation sites is 1. The van der Waals surface area contributed by atoms with Gasteiger partial charge in [-0.2, -0.15) is 4.98 Å². The number of fused-ring (bicyclic) bond motifs is 1. The van der Waals surface area contributed by atoms with Gasteiger partial charge in [0, 0.05) is 13.1 Å². The Labute approximate surface area is 104 Å². The summed E-state index contributed by atoms with van der Waals surface area (Å²) in [6, 6.07) is 5.58. The first-order valence-electron chi connectivity index (χ1n) is 5.86. The van der Waals surface area contributed by atoms with Crippen LogP contribution < -0.4 is 16.0 Å². The smallest absolute Gasteiger partial charge is 0.299 e. The van der Waals surface area contributed by atoms with Gasteiger partial charge in [0.1, 0.15) is 11.6 Å². The lowest BCUT2D eigenvalue weighted by atomic mass is 10.2. The fourth-order valence-corrected chi connectivity index (χ4v) is 2.12. The third kappa shape index (κ3) is 1.57. The van der Waals surface area contributed by atoms with Crippen LogP contribution in [-0.4, -0.2) is 30.0 Å². The second-order valence-corrected chi connectivity index (χ2v) is 4.35. The normalized spacial score (nSPS) is 20.2. The molecular weight excluding hydrogens is 232 g/mol. The number of carbonyl (C=O) groups excluding carboxylic acids is 1. The minimum absolute atomic E-state index is 0.0171. The number of carbonyl (C=O) groups is 1. The monoisotopic (exact) mass is 246 g/mol. The number of piperazine rings is 1. The second-order valence-electron chi connectivity index (χ2n) is 4.35. The van der Waals surface area contributed by atoms with Crippen LogP contribution in [0, 0.1) is 0 Å². The number of rotatable bonds is 1. The van der Waals surface area contributed by atoms with Crippen molar-refractivity contribution in [3.05, 3.63) is 18.2 Å². The Bertz CT molecular complexity index is 607. The lowest BCUT2D eigenvalue weighted by Gasteiger charge is -2.31. The molecule has 2 aromatic rings. The Morgan fingerprint density at radius 3 is 3.17 bits per heavy atom. The highest BCUT2D eigenvalue weighted by atomic mass is 16.4. The largest absolute Gasteiger partial charge is 0.423 e. The van der Waals surface area contributed by atoms with E-state index >= 15 is 0 Å². The minimum Gasteiger partial charge on any atom is -0.423 e. The van der Waals surface area contributed by atoms with Gasteiger partial charge in [0.05, 0.1) is 5.69 Å². The maximum atomic E-state index is 11.6. The van der Waals surface area contributed by atoms with Crippen molar-refractivity contribution in [2.75, 3.05) is 23.7 Å².